The second-order valence-electron chi connectivity index (χ2n) is 7.20. The summed E-state index contributed by atoms with van der Waals surface area (Å²) in [6, 6.07) is 9.84. The molecule has 1 aromatic carbocycles. The quantitative estimate of drug-likeness (QED) is 0.750. The molecule has 0 radical (unpaired) electrons. The molecule has 1 aliphatic rings. The Labute approximate surface area is 158 Å². The summed E-state index contributed by atoms with van der Waals surface area (Å²) in [5.74, 6) is 0.146. The van der Waals surface area contributed by atoms with Crippen molar-refractivity contribution in [3.63, 3.8) is 0 Å². The molecule has 3 heterocycles. The summed E-state index contributed by atoms with van der Waals surface area (Å²) in [4.78, 5) is 35.6. The molecule has 0 bridgehead atoms. The van der Waals surface area contributed by atoms with Crippen LogP contribution >= 0.6 is 0 Å². The van der Waals surface area contributed by atoms with Crippen molar-refractivity contribution in [2.45, 2.75) is 20.3 Å². The fraction of sp³-hybridized carbons (Fsp3) is 0.333. The van der Waals surface area contributed by atoms with Gasteiger partial charge in [-0.3, -0.25) is 9.59 Å². The average molecular weight is 364 g/mol. The highest BCUT2D eigenvalue weighted by Gasteiger charge is 2.26. The first-order chi connectivity index (χ1) is 13.0. The lowest BCUT2D eigenvalue weighted by atomic mass is 10.1. The summed E-state index contributed by atoms with van der Waals surface area (Å²) in [5, 5.41) is 0.944. The van der Waals surface area contributed by atoms with Gasteiger partial charge in [0, 0.05) is 54.7 Å². The smallest absolute Gasteiger partial charge is 0.256 e. The molecule has 27 heavy (non-hydrogen) atoms. The number of piperazine rings is 1. The Morgan fingerprint density at radius 3 is 2.44 bits per heavy atom. The van der Waals surface area contributed by atoms with Crippen LogP contribution in [0.1, 0.15) is 27.3 Å². The Morgan fingerprint density at radius 1 is 1.04 bits per heavy atom. The minimum atomic E-state index is 0.0247. The van der Waals surface area contributed by atoms with Crippen LogP contribution in [0.5, 0.6) is 0 Å². The van der Waals surface area contributed by atoms with Crippen molar-refractivity contribution in [1.29, 1.82) is 0 Å². The normalized spacial score (nSPS) is 14.7. The van der Waals surface area contributed by atoms with E-state index in [0.717, 1.165) is 27.9 Å². The fourth-order valence-corrected chi connectivity index (χ4v) is 3.82. The molecule has 1 saturated heterocycles. The molecule has 4 rings (SSSR count). The summed E-state index contributed by atoms with van der Waals surface area (Å²) < 4.78 is 0. The summed E-state index contributed by atoms with van der Waals surface area (Å²) in [6.07, 6.45) is 2.19. The number of fused-ring (bicyclic) bond motifs is 1. The second-order valence-corrected chi connectivity index (χ2v) is 7.20. The third-order valence-electron chi connectivity index (χ3n) is 5.34. The first kappa shape index (κ1) is 17.4. The molecule has 2 amide bonds. The number of aryl methyl sites for hydroxylation is 2. The van der Waals surface area contributed by atoms with Gasteiger partial charge in [-0.05, 0) is 31.5 Å². The molecule has 0 unspecified atom stereocenters. The van der Waals surface area contributed by atoms with E-state index in [9.17, 15) is 9.59 Å². The molecular formula is C21H24N4O2. The highest BCUT2D eigenvalue weighted by Crippen LogP contribution is 2.20. The highest BCUT2D eigenvalue weighted by atomic mass is 16.2. The van der Waals surface area contributed by atoms with E-state index in [1.54, 1.807) is 6.20 Å². The van der Waals surface area contributed by atoms with Crippen LogP contribution < -0.4 is 0 Å². The van der Waals surface area contributed by atoms with Crippen molar-refractivity contribution in [3.8, 4) is 0 Å². The molecule has 1 aliphatic heterocycles. The van der Waals surface area contributed by atoms with Crippen molar-refractivity contribution in [3.05, 3.63) is 59.0 Å². The zero-order valence-corrected chi connectivity index (χ0v) is 15.7. The zero-order valence-electron chi connectivity index (χ0n) is 15.7. The molecule has 0 spiro atoms. The van der Waals surface area contributed by atoms with Gasteiger partial charge in [0.15, 0.2) is 0 Å². The lowest BCUT2D eigenvalue weighted by Crippen LogP contribution is -2.51. The molecule has 0 atom stereocenters. The van der Waals surface area contributed by atoms with Crippen molar-refractivity contribution >= 4 is 22.7 Å². The van der Waals surface area contributed by atoms with Gasteiger partial charge in [-0.2, -0.15) is 0 Å². The van der Waals surface area contributed by atoms with Crippen LogP contribution in [0, 0.1) is 13.8 Å². The Hall–Kier alpha value is -3.02. The van der Waals surface area contributed by atoms with Gasteiger partial charge in [-0.1, -0.05) is 18.2 Å². The summed E-state index contributed by atoms with van der Waals surface area (Å²) >= 11 is 0. The van der Waals surface area contributed by atoms with Gasteiger partial charge in [-0.25, -0.2) is 0 Å². The van der Waals surface area contributed by atoms with Crippen LogP contribution in [-0.4, -0.2) is 57.8 Å². The number of para-hydroxylation sites is 1. The number of nitrogens with one attached hydrogen (secondary N) is 2. The topological polar surface area (TPSA) is 72.2 Å². The maximum atomic E-state index is 12.9. The maximum absolute atomic E-state index is 12.9. The van der Waals surface area contributed by atoms with Crippen LogP contribution in [0.15, 0.2) is 36.5 Å². The molecule has 2 N–H and O–H groups in total. The second kappa shape index (κ2) is 6.95. The monoisotopic (exact) mass is 364 g/mol. The first-order valence-electron chi connectivity index (χ1n) is 9.31. The number of aromatic nitrogens is 2. The van der Waals surface area contributed by atoms with E-state index in [-0.39, 0.29) is 11.8 Å². The van der Waals surface area contributed by atoms with Gasteiger partial charge < -0.3 is 19.8 Å². The van der Waals surface area contributed by atoms with Gasteiger partial charge in [0.25, 0.3) is 5.91 Å². The van der Waals surface area contributed by atoms with Gasteiger partial charge in [0.1, 0.15) is 0 Å². The Bertz CT molecular complexity index is 993. The lowest BCUT2D eigenvalue weighted by Gasteiger charge is -2.34. The number of H-pyrrole nitrogens is 2. The largest absolute Gasteiger partial charge is 0.362 e. The number of hydrogen-bond donors (Lipinski definition) is 2. The number of amides is 2. The number of hydrogen-bond acceptors (Lipinski definition) is 2. The summed E-state index contributed by atoms with van der Waals surface area (Å²) in [5.41, 5.74) is 4.84. The fourth-order valence-electron chi connectivity index (χ4n) is 3.82. The average Bonchev–Trinajstić information content (AvgIpc) is 3.24. The molecule has 6 heteroatoms. The van der Waals surface area contributed by atoms with Crippen molar-refractivity contribution in [2.75, 3.05) is 26.2 Å². The molecule has 0 aliphatic carbocycles. The predicted molar refractivity (Wildman–Crippen MR) is 105 cm³/mol. The minimum Gasteiger partial charge on any atom is -0.362 e. The van der Waals surface area contributed by atoms with E-state index in [4.69, 9.17) is 0 Å². The molecule has 6 nitrogen and oxygen atoms in total. The molecule has 1 fully saturated rings. The lowest BCUT2D eigenvalue weighted by molar-refractivity contribution is -0.131. The highest BCUT2D eigenvalue weighted by molar-refractivity contribution is 6.06. The van der Waals surface area contributed by atoms with E-state index >= 15 is 0 Å². The zero-order chi connectivity index (χ0) is 19.0. The number of aromatic amines is 2. The van der Waals surface area contributed by atoms with Crippen LogP contribution in [0.25, 0.3) is 10.9 Å². The summed E-state index contributed by atoms with van der Waals surface area (Å²) in [6.45, 7) is 6.28. The number of nitrogens with zero attached hydrogens (tertiary/aromatic N) is 2. The Morgan fingerprint density at radius 2 is 1.74 bits per heavy atom. The van der Waals surface area contributed by atoms with Gasteiger partial charge in [-0.15, -0.1) is 0 Å². The third kappa shape index (κ3) is 3.35. The Balaban J connectivity index is 1.39. The standard InChI is InChI=1S/C21H24N4O2/c1-14-11-16(15(2)23-14)12-20(26)24-7-9-25(10-8-24)21(27)18-13-22-19-6-4-3-5-17(18)19/h3-6,11,13,22-23H,7-10,12H2,1-2H3. The maximum Gasteiger partial charge on any atom is 0.256 e. The Kier molecular flexibility index (Phi) is 4.48. The van der Waals surface area contributed by atoms with Crippen molar-refractivity contribution < 1.29 is 9.59 Å². The number of benzene rings is 1. The van der Waals surface area contributed by atoms with Gasteiger partial charge in [0.2, 0.25) is 5.91 Å². The van der Waals surface area contributed by atoms with Crippen LogP contribution in [0.3, 0.4) is 0 Å². The van der Waals surface area contributed by atoms with Crippen LogP contribution in [-0.2, 0) is 11.2 Å². The van der Waals surface area contributed by atoms with Crippen molar-refractivity contribution in [1.82, 2.24) is 19.8 Å². The molecule has 0 saturated carbocycles. The van der Waals surface area contributed by atoms with Crippen LogP contribution in [0.4, 0.5) is 0 Å². The van der Waals surface area contributed by atoms with Gasteiger partial charge >= 0.3 is 0 Å². The number of rotatable bonds is 3. The van der Waals surface area contributed by atoms with Crippen molar-refractivity contribution in [2.24, 2.45) is 0 Å². The van der Waals surface area contributed by atoms with E-state index in [0.29, 0.717) is 38.2 Å². The number of carbonyl (C=O) groups excluding carboxylic acids is 2. The van der Waals surface area contributed by atoms with E-state index in [2.05, 4.69) is 9.97 Å². The minimum absolute atomic E-state index is 0.0247. The van der Waals surface area contributed by atoms with Gasteiger partial charge in [0.05, 0.1) is 12.0 Å². The molecule has 140 valence electrons. The molecular weight excluding hydrogens is 340 g/mol. The summed E-state index contributed by atoms with van der Waals surface area (Å²) in [7, 11) is 0. The molecule has 2 aromatic heterocycles. The van der Waals surface area contributed by atoms with E-state index < -0.39 is 0 Å². The predicted octanol–water partition coefficient (Wildman–Crippen LogP) is 2.64. The van der Waals surface area contributed by atoms with E-state index in [1.165, 1.54) is 0 Å². The first-order valence-corrected chi connectivity index (χ1v) is 9.31. The van der Waals surface area contributed by atoms with E-state index in [1.807, 2.05) is 54.0 Å². The third-order valence-corrected chi connectivity index (χ3v) is 5.34. The molecule has 3 aromatic rings. The number of carbonyl (C=O) groups is 2. The SMILES string of the molecule is Cc1cc(CC(=O)N2CCN(C(=O)c3c[nH]c4ccccc34)CC2)c(C)[nH]1. The van der Waals surface area contributed by atoms with Crippen LogP contribution in [0.2, 0.25) is 0 Å².